The largest absolute Gasteiger partial charge is 0.456 e. The molecule has 1 unspecified atom stereocenters. The Labute approximate surface area is 164 Å². The van der Waals surface area contributed by atoms with Crippen molar-refractivity contribution in [3.8, 4) is 17.7 Å². The van der Waals surface area contributed by atoms with E-state index in [0.717, 1.165) is 24.4 Å². The number of nitrogens with zero attached hydrogens (tertiary/aromatic N) is 2. The fraction of sp³-hybridized carbons (Fsp3) is 0.133. The molecule has 1 heterocycles. The van der Waals surface area contributed by atoms with Crippen LogP contribution >= 0.6 is 34.2 Å². The van der Waals surface area contributed by atoms with E-state index in [4.69, 9.17) is 21.6 Å². The lowest BCUT2D eigenvalue weighted by Gasteiger charge is -2.15. The molecule has 0 fully saturated rings. The maximum Gasteiger partial charge on any atom is 0.362 e. The molecule has 5 nitrogen and oxygen atoms in total. The van der Waals surface area contributed by atoms with Gasteiger partial charge in [-0.25, -0.2) is 8.60 Å². The molecule has 1 aliphatic heterocycles. The van der Waals surface area contributed by atoms with Gasteiger partial charge in [0.2, 0.25) is 6.19 Å². The molecule has 11 heteroatoms. The molecular formula is C15H7ClF3IN2O3S. The summed E-state index contributed by atoms with van der Waals surface area (Å²) in [5.74, 6) is -0.674. The number of ether oxygens (including phenoxy) is 1. The lowest BCUT2D eigenvalue weighted by molar-refractivity contribution is -0.0355. The van der Waals surface area contributed by atoms with E-state index in [2.05, 4.69) is 4.36 Å². The molecule has 3 rings (SSSR count). The number of alkyl halides is 2. The Morgan fingerprint density at radius 1 is 1.38 bits per heavy atom. The van der Waals surface area contributed by atoms with Crippen molar-refractivity contribution in [1.29, 1.82) is 5.26 Å². The molecule has 2 aromatic rings. The second-order valence-corrected chi connectivity index (χ2v) is 9.02. The summed E-state index contributed by atoms with van der Waals surface area (Å²) in [5, 5.41) is 13.9. The fourth-order valence-corrected chi connectivity index (χ4v) is 5.26. The molecule has 0 spiro atoms. The molecule has 0 saturated heterocycles. The maximum atomic E-state index is 14.3. The summed E-state index contributed by atoms with van der Waals surface area (Å²) in [6, 6.07) is 5.92. The number of aliphatic hydroxyl groups is 1. The molecule has 0 amide bonds. The topological polar surface area (TPSA) is 82.7 Å². The zero-order valence-electron chi connectivity index (χ0n) is 12.4. The lowest BCUT2D eigenvalue weighted by Crippen LogP contribution is -2.28. The third-order valence-electron chi connectivity index (χ3n) is 3.60. The number of halogens is 5. The van der Waals surface area contributed by atoms with Gasteiger partial charge in [-0.2, -0.15) is 14.0 Å². The van der Waals surface area contributed by atoms with Gasteiger partial charge in [0, 0.05) is 15.2 Å². The first-order chi connectivity index (χ1) is 12.1. The Morgan fingerprint density at radius 2 is 2.08 bits per heavy atom. The molecule has 0 aliphatic carbocycles. The van der Waals surface area contributed by atoms with Crippen molar-refractivity contribution in [2.45, 2.75) is 16.3 Å². The summed E-state index contributed by atoms with van der Waals surface area (Å²) in [5.41, 5.74) is -0.538. The van der Waals surface area contributed by atoms with E-state index in [-0.39, 0.29) is 11.5 Å². The van der Waals surface area contributed by atoms with Crippen LogP contribution in [-0.4, -0.2) is 14.6 Å². The van der Waals surface area contributed by atoms with Crippen molar-refractivity contribution in [2.75, 3.05) is 0 Å². The number of fused-ring (bicyclic) bond motifs is 1. The Kier molecular flexibility index (Phi) is 4.85. The van der Waals surface area contributed by atoms with Crippen molar-refractivity contribution in [3.63, 3.8) is 0 Å². The Hall–Kier alpha value is -1.55. The van der Waals surface area contributed by atoms with E-state index in [1.165, 1.54) is 12.1 Å². The number of nitriles is 1. The van der Waals surface area contributed by atoms with Crippen molar-refractivity contribution < 1.29 is 27.2 Å². The van der Waals surface area contributed by atoms with Gasteiger partial charge in [0.25, 0.3) is 0 Å². The second kappa shape index (κ2) is 6.56. The third-order valence-corrected chi connectivity index (χ3v) is 6.86. The van der Waals surface area contributed by atoms with E-state index >= 15 is 0 Å². The van der Waals surface area contributed by atoms with Gasteiger partial charge in [-0.3, -0.25) is 0 Å². The van der Waals surface area contributed by atoms with Crippen LogP contribution < -0.4 is 4.74 Å². The van der Waals surface area contributed by atoms with E-state index < -0.39 is 42.4 Å². The Morgan fingerprint density at radius 3 is 2.69 bits per heavy atom. The molecule has 1 aliphatic rings. The number of benzene rings is 2. The molecule has 0 aromatic heterocycles. The normalized spacial score (nSPS) is 23.2. The number of aliphatic hydroxyl groups excluding tert-OH is 1. The van der Waals surface area contributed by atoms with E-state index in [1.54, 1.807) is 0 Å². The van der Waals surface area contributed by atoms with Crippen LogP contribution in [0.15, 0.2) is 39.6 Å². The van der Waals surface area contributed by atoms with Gasteiger partial charge >= 0.3 is 5.25 Å². The number of hydrogen-bond acceptors (Lipinski definition) is 5. The highest BCUT2D eigenvalue weighted by Gasteiger charge is 2.59. The van der Waals surface area contributed by atoms with Gasteiger partial charge in [-0.1, -0.05) is 11.6 Å². The van der Waals surface area contributed by atoms with Crippen molar-refractivity contribution in [2.24, 2.45) is 4.36 Å². The summed E-state index contributed by atoms with van der Waals surface area (Å²) in [6.45, 7) is 0. The number of hydrogen-bond donors (Lipinski definition) is 1. The van der Waals surface area contributed by atoms with Crippen LogP contribution in [0.1, 0.15) is 11.7 Å². The molecule has 2 aromatic carbocycles. The minimum Gasteiger partial charge on any atom is -0.456 e. The Balaban J connectivity index is 2.16. The molecule has 26 heavy (non-hydrogen) atoms. The van der Waals surface area contributed by atoms with Crippen LogP contribution in [0.25, 0.3) is 0 Å². The summed E-state index contributed by atoms with van der Waals surface area (Å²) in [4.78, 5) is -0.539. The van der Waals surface area contributed by atoms with Crippen LogP contribution in [0.5, 0.6) is 11.5 Å². The quantitative estimate of drug-likeness (QED) is 0.460. The molecular weight excluding hydrogens is 508 g/mol. The van der Waals surface area contributed by atoms with Crippen LogP contribution in [0.2, 0.25) is 5.02 Å². The van der Waals surface area contributed by atoms with Gasteiger partial charge in [0.05, 0.1) is 9.92 Å². The van der Waals surface area contributed by atoms with Gasteiger partial charge in [-0.05, 0) is 46.9 Å². The van der Waals surface area contributed by atoms with Crippen LogP contribution in [-0.2, 0) is 9.73 Å². The minimum absolute atomic E-state index is 0.0537. The average Bonchev–Trinajstić information content (AvgIpc) is 2.68. The fourth-order valence-electron chi connectivity index (χ4n) is 2.48. The molecule has 0 saturated carbocycles. The summed E-state index contributed by atoms with van der Waals surface area (Å²) < 4.78 is 63.4. The summed E-state index contributed by atoms with van der Waals surface area (Å²) in [6.07, 6.45) is -1.44. The highest BCUT2D eigenvalue weighted by Crippen LogP contribution is 2.54. The van der Waals surface area contributed by atoms with Crippen LogP contribution in [0.4, 0.5) is 13.2 Å². The van der Waals surface area contributed by atoms with Crippen LogP contribution in [0.3, 0.4) is 0 Å². The standard InChI is InChI=1S/C15H7ClF3IN2O3S/c16-13-10(25-9-4-7(17)3-8(20)5-9)1-2-11-12(13)14(23)15(18,19)26(11,24)22-6-21/h1-5,14,23H/t14-,26?/m1/s1. The highest BCUT2D eigenvalue weighted by molar-refractivity contribution is 14.1. The summed E-state index contributed by atoms with van der Waals surface area (Å²) in [7, 11) is -4.54. The van der Waals surface area contributed by atoms with Gasteiger partial charge < -0.3 is 9.84 Å². The van der Waals surface area contributed by atoms with E-state index in [0.29, 0.717) is 3.57 Å². The summed E-state index contributed by atoms with van der Waals surface area (Å²) >= 11 is 7.93. The van der Waals surface area contributed by atoms with Gasteiger partial charge in [-0.15, -0.1) is 4.36 Å². The number of rotatable bonds is 2. The maximum absolute atomic E-state index is 14.3. The SMILES string of the molecule is N#CN=S1(=O)c2ccc(Oc3cc(F)cc(I)c3)c(Cl)c2[C@@H](O)C1(F)F. The van der Waals surface area contributed by atoms with Crippen molar-refractivity contribution in [3.05, 3.63) is 50.3 Å². The van der Waals surface area contributed by atoms with Crippen molar-refractivity contribution in [1.82, 2.24) is 0 Å². The molecule has 0 bridgehead atoms. The second-order valence-electron chi connectivity index (χ2n) is 5.18. The van der Waals surface area contributed by atoms with E-state index in [9.17, 15) is 22.5 Å². The Bertz CT molecular complexity index is 1060. The highest BCUT2D eigenvalue weighted by atomic mass is 127. The van der Waals surface area contributed by atoms with Crippen LogP contribution in [0, 0.1) is 20.8 Å². The van der Waals surface area contributed by atoms with Gasteiger partial charge in [0.15, 0.2) is 15.8 Å². The van der Waals surface area contributed by atoms with Gasteiger partial charge in [0.1, 0.15) is 17.3 Å². The zero-order chi connectivity index (χ0) is 19.3. The van der Waals surface area contributed by atoms with Crippen molar-refractivity contribution >= 4 is 43.9 Å². The smallest absolute Gasteiger partial charge is 0.362 e. The molecule has 2 atom stereocenters. The van der Waals surface area contributed by atoms with E-state index in [1.807, 2.05) is 22.6 Å². The monoisotopic (exact) mass is 514 g/mol. The minimum atomic E-state index is -4.54. The lowest BCUT2D eigenvalue weighted by atomic mass is 10.1. The first kappa shape index (κ1) is 19.2. The predicted molar refractivity (Wildman–Crippen MR) is 95.0 cm³/mol. The average molecular weight is 515 g/mol. The first-order valence-electron chi connectivity index (χ1n) is 6.79. The molecule has 0 radical (unpaired) electrons. The molecule has 1 N–H and O–H groups in total. The zero-order valence-corrected chi connectivity index (χ0v) is 16.2. The first-order valence-corrected chi connectivity index (χ1v) is 9.76. The molecule has 136 valence electrons. The predicted octanol–water partition coefficient (Wildman–Crippen LogP) is 4.82. The third kappa shape index (κ3) is 2.83.